The number of benzene rings is 1. The zero-order valence-electron chi connectivity index (χ0n) is 13.8. The van der Waals surface area contributed by atoms with E-state index in [0.717, 1.165) is 38.0 Å². The van der Waals surface area contributed by atoms with Gasteiger partial charge in [-0.15, -0.1) is 0 Å². The first-order valence-corrected chi connectivity index (χ1v) is 10.4. The van der Waals surface area contributed by atoms with Crippen LogP contribution < -0.4 is 4.74 Å². The molecular formula is C17H28O4Si. The smallest absolute Gasteiger partial charge is 0.154 e. The zero-order valence-corrected chi connectivity index (χ0v) is 15.2. The van der Waals surface area contributed by atoms with E-state index < -0.39 is 0 Å². The molecule has 1 saturated heterocycles. The van der Waals surface area contributed by atoms with Crippen LogP contribution in [0.5, 0.6) is 5.75 Å². The normalized spacial score (nSPS) is 17.5. The molecule has 5 heteroatoms. The minimum atomic E-state index is -0.140. The molecule has 1 aliphatic rings. The van der Waals surface area contributed by atoms with Gasteiger partial charge in [0.2, 0.25) is 0 Å². The summed E-state index contributed by atoms with van der Waals surface area (Å²) in [7, 11) is -0.140. The quantitative estimate of drug-likeness (QED) is 0.256. The van der Waals surface area contributed by atoms with Gasteiger partial charge in [0.25, 0.3) is 0 Å². The Hall–Kier alpha value is -0.883. The number of rotatable bonds is 12. The van der Waals surface area contributed by atoms with Gasteiger partial charge in [-0.25, -0.2) is 0 Å². The average molecular weight is 324 g/mol. The van der Waals surface area contributed by atoms with E-state index in [1.54, 1.807) is 0 Å². The molecule has 0 amide bonds. The van der Waals surface area contributed by atoms with Crippen LogP contribution >= 0.6 is 0 Å². The number of aryl methyl sites for hydroxylation is 1. The van der Waals surface area contributed by atoms with Crippen molar-refractivity contribution in [2.24, 2.45) is 0 Å². The van der Waals surface area contributed by atoms with Crippen LogP contribution in [-0.4, -0.2) is 48.3 Å². The summed E-state index contributed by atoms with van der Waals surface area (Å²) < 4.78 is 22.0. The molecule has 1 unspecified atom stereocenters. The van der Waals surface area contributed by atoms with Crippen LogP contribution in [0.3, 0.4) is 0 Å². The summed E-state index contributed by atoms with van der Waals surface area (Å²) in [6.07, 6.45) is 1.47. The Morgan fingerprint density at radius 3 is 2.45 bits per heavy atom. The maximum absolute atomic E-state index is 5.65. The van der Waals surface area contributed by atoms with Crippen molar-refractivity contribution in [1.29, 1.82) is 0 Å². The van der Waals surface area contributed by atoms with E-state index in [0.29, 0.717) is 12.7 Å². The van der Waals surface area contributed by atoms with E-state index in [4.69, 9.17) is 18.9 Å². The topological polar surface area (TPSA) is 40.2 Å². The molecule has 0 spiro atoms. The first kappa shape index (κ1) is 17.5. The molecule has 0 aliphatic carbocycles. The number of ether oxygens (including phenoxy) is 4. The molecule has 1 aliphatic heterocycles. The molecule has 124 valence electrons. The van der Waals surface area contributed by atoms with Crippen molar-refractivity contribution in [1.82, 2.24) is 0 Å². The van der Waals surface area contributed by atoms with Gasteiger partial charge in [0.15, 0.2) is 6.29 Å². The Morgan fingerprint density at radius 2 is 1.86 bits per heavy atom. The molecular weight excluding hydrogens is 296 g/mol. The van der Waals surface area contributed by atoms with E-state index in [1.807, 2.05) is 13.8 Å². The van der Waals surface area contributed by atoms with Crippen LogP contribution in [0.2, 0.25) is 12.1 Å². The van der Waals surface area contributed by atoms with Crippen molar-refractivity contribution in [2.75, 3.05) is 26.4 Å². The van der Waals surface area contributed by atoms with Crippen LogP contribution in [0.1, 0.15) is 19.4 Å². The first-order chi connectivity index (χ1) is 10.8. The van der Waals surface area contributed by atoms with Gasteiger partial charge in [-0.3, -0.25) is 0 Å². The summed E-state index contributed by atoms with van der Waals surface area (Å²) in [6.45, 7) is 7.01. The van der Waals surface area contributed by atoms with Crippen molar-refractivity contribution in [3.05, 3.63) is 29.8 Å². The molecule has 0 aromatic heterocycles. The van der Waals surface area contributed by atoms with Crippen molar-refractivity contribution in [3.63, 3.8) is 0 Å². The predicted molar refractivity (Wildman–Crippen MR) is 90.6 cm³/mol. The summed E-state index contributed by atoms with van der Waals surface area (Å²) in [5.41, 5.74) is 1.38. The fourth-order valence-corrected chi connectivity index (χ4v) is 3.95. The fraction of sp³-hybridized carbons (Fsp3) is 0.647. The van der Waals surface area contributed by atoms with E-state index in [-0.39, 0.29) is 15.8 Å². The minimum Gasteiger partial charge on any atom is -0.491 e. The van der Waals surface area contributed by atoms with Gasteiger partial charge >= 0.3 is 0 Å². The van der Waals surface area contributed by atoms with Crippen LogP contribution in [-0.2, 0) is 20.6 Å². The summed E-state index contributed by atoms with van der Waals surface area (Å²) in [5.74, 6) is 0.934. The maximum atomic E-state index is 5.65. The molecule has 1 atom stereocenters. The molecule has 0 bridgehead atoms. The molecule has 2 rings (SSSR count). The number of hydrogen-bond acceptors (Lipinski definition) is 4. The Bertz CT molecular complexity index is 400. The van der Waals surface area contributed by atoms with E-state index in [9.17, 15) is 0 Å². The molecule has 1 heterocycles. The van der Waals surface area contributed by atoms with Gasteiger partial charge in [-0.2, -0.15) is 0 Å². The lowest BCUT2D eigenvalue weighted by molar-refractivity contribution is -0.123. The molecule has 0 N–H and O–H groups in total. The highest BCUT2D eigenvalue weighted by Crippen LogP contribution is 2.16. The van der Waals surface area contributed by atoms with Crippen LogP contribution in [0.4, 0.5) is 0 Å². The highest BCUT2D eigenvalue weighted by atomic mass is 28.2. The van der Waals surface area contributed by atoms with Gasteiger partial charge in [0, 0.05) is 22.7 Å². The molecule has 1 aromatic carbocycles. The van der Waals surface area contributed by atoms with Crippen LogP contribution in [0, 0.1) is 0 Å². The maximum Gasteiger partial charge on any atom is 0.154 e. The van der Waals surface area contributed by atoms with Crippen molar-refractivity contribution in [2.45, 2.75) is 44.8 Å². The Kier molecular flexibility index (Phi) is 7.94. The second-order valence-corrected chi connectivity index (χ2v) is 7.49. The van der Waals surface area contributed by atoms with E-state index in [1.165, 1.54) is 11.6 Å². The second kappa shape index (κ2) is 10.00. The third kappa shape index (κ3) is 6.92. The molecule has 1 fully saturated rings. The molecule has 4 nitrogen and oxygen atoms in total. The molecule has 0 saturated carbocycles. The highest BCUT2D eigenvalue weighted by Gasteiger charge is 2.22. The van der Waals surface area contributed by atoms with Crippen LogP contribution in [0.25, 0.3) is 0 Å². The van der Waals surface area contributed by atoms with Crippen LogP contribution in [0.15, 0.2) is 24.3 Å². The van der Waals surface area contributed by atoms with Gasteiger partial charge in [-0.05, 0) is 44.0 Å². The highest BCUT2D eigenvalue weighted by molar-refractivity contribution is 6.35. The monoisotopic (exact) mass is 324 g/mol. The first-order valence-electron chi connectivity index (χ1n) is 8.38. The van der Waals surface area contributed by atoms with Gasteiger partial charge in [-0.1, -0.05) is 18.2 Å². The van der Waals surface area contributed by atoms with Crippen molar-refractivity contribution >= 4 is 9.52 Å². The zero-order chi connectivity index (χ0) is 15.6. The second-order valence-electron chi connectivity index (χ2n) is 5.50. The molecule has 0 radical (unpaired) electrons. The molecule has 1 aromatic rings. The lowest BCUT2D eigenvalue weighted by Crippen LogP contribution is -2.19. The largest absolute Gasteiger partial charge is 0.491 e. The SMILES string of the molecule is CCOC(C[SiH2]CCc1ccc(OCC2CO2)cc1)OCC. The minimum absolute atomic E-state index is 0.0158. The van der Waals surface area contributed by atoms with E-state index >= 15 is 0 Å². The number of hydrogen-bond donors (Lipinski definition) is 0. The third-order valence-corrected chi connectivity index (χ3v) is 5.36. The Labute approximate surface area is 135 Å². The average Bonchev–Trinajstić information content (AvgIpc) is 3.35. The van der Waals surface area contributed by atoms with Gasteiger partial charge in [0.05, 0.1) is 6.61 Å². The summed E-state index contributed by atoms with van der Waals surface area (Å²) in [6, 6.07) is 10.8. The van der Waals surface area contributed by atoms with Gasteiger partial charge in [0.1, 0.15) is 18.5 Å². The van der Waals surface area contributed by atoms with E-state index in [2.05, 4.69) is 24.3 Å². The van der Waals surface area contributed by atoms with Crippen molar-refractivity contribution in [3.8, 4) is 5.75 Å². The van der Waals surface area contributed by atoms with Crippen molar-refractivity contribution < 1.29 is 18.9 Å². The summed E-state index contributed by atoms with van der Waals surface area (Å²) in [5, 5.41) is 0. The predicted octanol–water partition coefficient (Wildman–Crippen LogP) is 2.41. The van der Waals surface area contributed by atoms with Gasteiger partial charge < -0.3 is 18.9 Å². The lowest BCUT2D eigenvalue weighted by atomic mass is 10.2. The Morgan fingerprint density at radius 1 is 1.18 bits per heavy atom. The third-order valence-electron chi connectivity index (χ3n) is 3.62. The summed E-state index contributed by atoms with van der Waals surface area (Å²) in [4.78, 5) is 0. The fourth-order valence-electron chi connectivity index (χ4n) is 2.33. The molecule has 22 heavy (non-hydrogen) atoms. The number of epoxide rings is 1. The Balaban J connectivity index is 1.61. The standard InChI is InChI=1S/C17H28O4Si/c1-3-18-17(19-4-2)13-22-10-9-14-5-7-15(8-6-14)20-11-16-12-21-16/h5-8,16-17H,3-4,9-13,22H2,1-2H3. The lowest BCUT2D eigenvalue weighted by Gasteiger charge is -2.16. The summed E-state index contributed by atoms with van der Waals surface area (Å²) >= 11 is 0.